The Morgan fingerprint density at radius 3 is 2.62 bits per heavy atom. The molecule has 0 fully saturated rings. The van der Waals surface area contributed by atoms with Crippen molar-refractivity contribution in [1.29, 1.82) is 0 Å². The summed E-state index contributed by atoms with van der Waals surface area (Å²) in [5, 5.41) is 0. The van der Waals surface area contributed by atoms with Crippen molar-refractivity contribution in [3.8, 4) is 0 Å². The average molecular weight is 171 g/mol. The molecule has 0 aromatic heterocycles. The fraction of sp³-hybridized carbons (Fsp3) is 0.0833. The summed E-state index contributed by atoms with van der Waals surface area (Å²) in [5.74, 6) is 0. The van der Waals surface area contributed by atoms with Crippen LogP contribution in [0.3, 0.4) is 0 Å². The number of hydrogen-bond donors (Lipinski definition) is 0. The molecule has 1 rings (SSSR count). The lowest BCUT2D eigenvalue weighted by Crippen LogP contribution is -1.81. The smallest absolute Gasteiger partial charge is 0.0632 e. The molecule has 0 heterocycles. The average Bonchev–Trinajstić information content (AvgIpc) is 2.16. The van der Waals surface area contributed by atoms with Crippen LogP contribution in [0.15, 0.2) is 60.1 Å². The van der Waals surface area contributed by atoms with Crippen LogP contribution in [0.4, 0.5) is 5.69 Å². The van der Waals surface area contributed by atoms with Crippen LogP contribution in [0, 0.1) is 0 Å². The van der Waals surface area contributed by atoms with Crippen molar-refractivity contribution in [3.05, 3.63) is 55.1 Å². The molecule has 0 saturated heterocycles. The molecule has 0 amide bonds. The molecule has 0 aliphatic heterocycles. The van der Waals surface area contributed by atoms with Gasteiger partial charge in [0.15, 0.2) is 0 Å². The van der Waals surface area contributed by atoms with Crippen LogP contribution in [-0.2, 0) is 0 Å². The van der Waals surface area contributed by atoms with E-state index in [1.807, 2.05) is 49.4 Å². The molecule has 66 valence electrons. The highest BCUT2D eigenvalue weighted by Crippen LogP contribution is 2.09. The van der Waals surface area contributed by atoms with Gasteiger partial charge in [-0.2, -0.15) is 0 Å². The van der Waals surface area contributed by atoms with Crippen molar-refractivity contribution >= 4 is 11.4 Å². The van der Waals surface area contributed by atoms with Gasteiger partial charge in [0.2, 0.25) is 0 Å². The van der Waals surface area contributed by atoms with Crippen molar-refractivity contribution in [2.45, 2.75) is 6.92 Å². The highest BCUT2D eigenvalue weighted by molar-refractivity contribution is 5.94. The Labute approximate surface area is 79.1 Å². The summed E-state index contributed by atoms with van der Waals surface area (Å²) in [4.78, 5) is 4.38. The lowest BCUT2D eigenvalue weighted by molar-refractivity contribution is 1.50. The first-order chi connectivity index (χ1) is 6.33. The van der Waals surface area contributed by atoms with Gasteiger partial charge in [-0.3, -0.25) is 4.99 Å². The summed E-state index contributed by atoms with van der Waals surface area (Å²) in [6, 6.07) is 9.89. The van der Waals surface area contributed by atoms with E-state index >= 15 is 0 Å². The van der Waals surface area contributed by atoms with Crippen LogP contribution < -0.4 is 0 Å². The zero-order valence-corrected chi connectivity index (χ0v) is 7.77. The molecule has 0 atom stereocenters. The molecule has 0 spiro atoms. The Hall–Kier alpha value is -1.63. The standard InChI is InChI=1S/C12H13N/c1-3-4-8-11(2)13-12-9-6-5-7-10-12/h3-10H,1H2,2H3/b8-4-,13-11?. The van der Waals surface area contributed by atoms with E-state index in [1.54, 1.807) is 6.08 Å². The SMILES string of the molecule is C=C/C=C\C(C)=Nc1ccccc1. The van der Waals surface area contributed by atoms with E-state index in [0.29, 0.717) is 0 Å². The summed E-state index contributed by atoms with van der Waals surface area (Å²) in [5.41, 5.74) is 1.96. The molecule has 0 aliphatic carbocycles. The molecule has 0 aliphatic rings. The minimum absolute atomic E-state index is 0.978. The third kappa shape index (κ3) is 3.52. The van der Waals surface area contributed by atoms with Crippen molar-refractivity contribution in [2.24, 2.45) is 4.99 Å². The number of nitrogens with zero attached hydrogens (tertiary/aromatic N) is 1. The molecule has 0 N–H and O–H groups in total. The summed E-state index contributed by atoms with van der Waals surface area (Å²) in [7, 11) is 0. The van der Waals surface area contributed by atoms with Crippen LogP contribution in [0.1, 0.15) is 6.92 Å². The van der Waals surface area contributed by atoms with E-state index in [2.05, 4.69) is 11.6 Å². The minimum atomic E-state index is 0.978. The molecule has 0 unspecified atom stereocenters. The maximum atomic E-state index is 4.38. The second-order valence-corrected chi connectivity index (χ2v) is 2.68. The highest BCUT2D eigenvalue weighted by Gasteiger charge is 1.85. The molecule has 1 nitrogen and oxygen atoms in total. The van der Waals surface area contributed by atoms with Gasteiger partial charge in [0, 0.05) is 5.71 Å². The lowest BCUT2D eigenvalue weighted by Gasteiger charge is -1.93. The second kappa shape index (κ2) is 5.09. The van der Waals surface area contributed by atoms with Gasteiger partial charge in [0.1, 0.15) is 0 Å². The van der Waals surface area contributed by atoms with Crippen molar-refractivity contribution in [3.63, 3.8) is 0 Å². The van der Waals surface area contributed by atoms with E-state index in [0.717, 1.165) is 11.4 Å². The van der Waals surface area contributed by atoms with Crippen molar-refractivity contribution in [2.75, 3.05) is 0 Å². The summed E-state index contributed by atoms with van der Waals surface area (Å²) < 4.78 is 0. The molecule has 0 saturated carbocycles. The monoisotopic (exact) mass is 171 g/mol. The molecular formula is C12H13N. The third-order valence-electron chi connectivity index (χ3n) is 1.54. The van der Waals surface area contributed by atoms with Gasteiger partial charge in [0.25, 0.3) is 0 Å². The number of rotatable bonds is 3. The zero-order valence-electron chi connectivity index (χ0n) is 7.77. The number of aliphatic imine (C=N–C) groups is 1. The first kappa shape index (κ1) is 9.46. The topological polar surface area (TPSA) is 12.4 Å². The van der Waals surface area contributed by atoms with Crippen molar-refractivity contribution in [1.82, 2.24) is 0 Å². The number of para-hydroxylation sites is 1. The van der Waals surface area contributed by atoms with Crippen molar-refractivity contribution < 1.29 is 0 Å². The zero-order chi connectivity index (χ0) is 9.52. The van der Waals surface area contributed by atoms with E-state index in [-0.39, 0.29) is 0 Å². The number of hydrogen-bond acceptors (Lipinski definition) is 1. The molecule has 13 heavy (non-hydrogen) atoms. The van der Waals surface area contributed by atoms with Crippen LogP contribution in [0.25, 0.3) is 0 Å². The van der Waals surface area contributed by atoms with Gasteiger partial charge in [-0.1, -0.05) is 36.9 Å². The Balaban J connectivity index is 2.76. The minimum Gasteiger partial charge on any atom is -0.254 e. The van der Waals surface area contributed by atoms with E-state index in [9.17, 15) is 0 Å². The highest BCUT2D eigenvalue weighted by atomic mass is 14.7. The predicted octanol–water partition coefficient (Wildman–Crippen LogP) is 3.52. The lowest BCUT2D eigenvalue weighted by atomic mass is 10.3. The number of benzene rings is 1. The Morgan fingerprint density at radius 2 is 2.00 bits per heavy atom. The summed E-state index contributed by atoms with van der Waals surface area (Å²) in [6.07, 6.45) is 5.55. The molecule has 1 aromatic carbocycles. The third-order valence-corrected chi connectivity index (χ3v) is 1.54. The Morgan fingerprint density at radius 1 is 1.31 bits per heavy atom. The fourth-order valence-corrected chi connectivity index (χ4v) is 0.951. The second-order valence-electron chi connectivity index (χ2n) is 2.68. The summed E-state index contributed by atoms with van der Waals surface area (Å²) >= 11 is 0. The van der Waals surface area contributed by atoms with Gasteiger partial charge in [-0.15, -0.1) is 0 Å². The van der Waals surface area contributed by atoms with E-state index in [1.165, 1.54) is 0 Å². The first-order valence-electron chi connectivity index (χ1n) is 4.22. The maximum Gasteiger partial charge on any atom is 0.0632 e. The van der Waals surface area contributed by atoms with Crippen LogP contribution >= 0.6 is 0 Å². The number of allylic oxidation sites excluding steroid dienone is 3. The molecule has 1 aromatic rings. The molecule has 0 radical (unpaired) electrons. The van der Waals surface area contributed by atoms with E-state index < -0.39 is 0 Å². The first-order valence-corrected chi connectivity index (χ1v) is 4.22. The van der Waals surface area contributed by atoms with Gasteiger partial charge >= 0.3 is 0 Å². The normalized spacial score (nSPS) is 11.9. The largest absolute Gasteiger partial charge is 0.254 e. The predicted molar refractivity (Wildman–Crippen MR) is 58.5 cm³/mol. The molecule has 1 heteroatoms. The Bertz CT molecular complexity index is 320. The maximum absolute atomic E-state index is 4.38. The van der Waals surface area contributed by atoms with Gasteiger partial charge in [0.05, 0.1) is 5.69 Å². The fourth-order valence-electron chi connectivity index (χ4n) is 0.951. The Kier molecular flexibility index (Phi) is 3.71. The van der Waals surface area contributed by atoms with Crippen LogP contribution in [-0.4, -0.2) is 5.71 Å². The van der Waals surface area contributed by atoms with Crippen LogP contribution in [0.2, 0.25) is 0 Å². The van der Waals surface area contributed by atoms with E-state index in [4.69, 9.17) is 0 Å². The van der Waals surface area contributed by atoms with Crippen LogP contribution in [0.5, 0.6) is 0 Å². The summed E-state index contributed by atoms with van der Waals surface area (Å²) in [6.45, 7) is 5.56. The van der Waals surface area contributed by atoms with Gasteiger partial charge < -0.3 is 0 Å². The molecular weight excluding hydrogens is 158 g/mol. The quantitative estimate of drug-likeness (QED) is 0.487. The van der Waals surface area contributed by atoms with Gasteiger partial charge in [-0.05, 0) is 25.1 Å². The molecule has 0 bridgehead atoms. The van der Waals surface area contributed by atoms with Gasteiger partial charge in [-0.25, -0.2) is 0 Å².